The van der Waals surface area contributed by atoms with Crippen molar-refractivity contribution in [2.24, 2.45) is 17.8 Å². The molecule has 3 atom stereocenters. The Morgan fingerprint density at radius 1 is 1.30 bits per heavy atom. The third-order valence-electron chi connectivity index (χ3n) is 4.57. The van der Waals surface area contributed by atoms with Crippen LogP contribution in [-0.4, -0.2) is 6.10 Å². The molecule has 1 aliphatic rings. The maximum Gasteiger partial charge on any atom is 0.120 e. The van der Waals surface area contributed by atoms with Crippen LogP contribution in [0, 0.1) is 36.0 Å². The van der Waals surface area contributed by atoms with Crippen LogP contribution in [0.25, 0.3) is 0 Å². The summed E-state index contributed by atoms with van der Waals surface area (Å²) < 4.78 is 6.27. The van der Waals surface area contributed by atoms with Gasteiger partial charge in [-0.1, -0.05) is 27.2 Å². The standard InChI is InChI=1S/C18H25NO/c1-12(2)17-8-5-13(3)9-18(17)20-16-7-6-15(11-19)14(4)10-16/h6-7,10,12-13,17-18H,5,8-9H2,1-4H3. The Hall–Kier alpha value is -1.49. The highest BCUT2D eigenvalue weighted by Gasteiger charge is 2.32. The van der Waals surface area contributed by atoms with E-state index in [1.165, 1.54) is 12.8 Å². The number of ether oxygens (including phenoxy) is 1. The Morgan fingerprint density at radius 2 is 2.05 bits per heavy atom. The molecule has 1 aromatic rings. The van der Waals surface area contributed by atoms with Crippen molar-refractivity contribution in [3.63, 3.8) is 0 Å². The van der Waals surface area contributed by atoms with E-state index in [0.29, 0.717) is 17.9 Å². The molecule has 0 amide bonds. The van der Waals surface area contributed by atoms with Crippen molar-refractivity contribution in [1.29, 1.82) is 5.26 Å². The van der Waals surface area contributed by atoms with Crippen LogP contribution >= 0.6 is 0 Å². The van der Waals surface area contributed by atoms with Crippen molar-refractivity contribution in [1.82, 2.24) is 0 Å². The Kier molecular flexibility index (Phi) is 4.70. The lowest BCUT2D eigenvalue weighted by Gasteiger charge is -2.37. The van der Waals surface area contributed by atoms with E-state index in [1.54, 1.807) is 0 Å². The van der Waals surface area contributed by atoms with E-state index in [-0.39, 0.29) is 0 Å². The Bertz CT molecular complexity index is 501. The third-order valence-corrected chi connectivity index (χ3v) is 4.57. The summed E-state index contributed by atoms with van der Waals surface area (Å²) >= 11 is 0. The molecule has 0 N–H and O–H groups in total. The summed E-state index contributed by atoms with van der Waals surface area (Å²) in [5.74, 6) is 2.95. The number of benzene rings is 1. The molecule has 1 aromatic carbocycles. The molecule has 1 aliphatic carbocycles. The molecule has 2 rings (SSSR count). The van der Waals surface area contributed by atoms with Gasteiger partial charge in [-0.25, -0.2) is 0 Å². The van der Waals surface area contributed by atoms with Gasteiger partial charge in [0.15, 0.2) is 0 Å². The molecule has 108 valence electrons. The number of nitriles is 1. The van der Waals surface area contributed by atoms with Gasteiger partial charge in [0.2, 0.25) is 0 Å². The molecule has 0 radical (unpaired) electrons. The van der Waals surface area contributed by atoms with Crippen LogP contribution in [0.1, 0.15) is 51.2 Å². The van der Waals surface area contributed by atoms with Gasteiger partial charge < -0.3 is 4.74 Å². The van der Waals surface area contributed by atoms with Crippen LogP contribution in [0.15, 0.2) is 18.2 Å². The lowest BCUT2D eigenvalue weighted by molar-refractivity contribution is 0.0460. The highest BCUT2D eigenvalue weighted by atomic mass is 16.5. The molecule has 2 nitrogen and oxygen atoms in total. The first kappa shape index (κ1) is 14.9. The smallest absolute Gasteiger partial charge is 0.120 e. The summed E-state index contributed by atoms with van der Waals surface area (Å²) in [5.41, 5.74) is 1.73. The van der Waals surface area contributed by atoms with E-state index in [2.05, 4.69) is 26.8 Å². The van der Waals surface area contributed by atoms with Crippen LogP contribution in [-0.2, 0) is 0 Å². The minimum Gasteiger partial charge on any atom is -0.490 e. The van der Waals surface area contributed by atoms with Crippen LogP contribution in [0.3, 0.4) is 0 Å². The topological polar surface area (TPSA) is 33.0 Å². The van der Waals surface area contributed by atoms with Crippen molar-refractivity contribution in [2.45, 2.75) is 53.1 Å². The first-order valence-corrected chi connectivity index (χ1v) is 7.68. The van der Waals surface area contributed by atoms with Gasteiger partial charge in [-0.2, -0.15) is 5.26 Å². The van der Waals surface area contributed by atoms with E-state index in [4.69, 9.17) is 10.00 Å². The third kappa shape index (κ3) is 3.33. The molecule has 1 fully saturated rings. The maximum atomic E-state index is 8.99. The van der Waals surface area contributed by atoms with E-state index in [9.17, 15) is 0 Å². The second-order valence-corrected chi connectivity index (χ2v) is 6.57. The molecule has 0 saturated heterocycles. The minimum absolute atomic E-state index is 0.311. The molecular weight excluding hydrogens is 246 g/mol. The minimum atomic E-state index is 0.311. The van der Waals surface area contributed by atoms with Gasteiger partial charge in [-0.3, -0.25) is 0 Å². The second kappa shape index (κ2) is 6.31. The molecular formula is C18H25NO. The molecule has 3 unspecified atom stereocenters. The van der Waals surface area contributed by atoms with Gasteiger partial charge in [0.05, 0.1) is 11.6 Å². The highest BCUT2D eigenvalue weighted by molar-refractivity contribution is 5.41. The fraction of sp³-hybridized carbons (Fsp3) is 0.611. The summed E-state index contributed by atoms with van der Waals surface area (Å²) in [6.07, 6.45) is 4.03. The first-order valence-electron chi connectivity index (χ1n) is 7.68. The number of hydrogen-bond donors (Lipinski definition) is 0. The van der Waals surface area contributed by atoms with Crippen molar-refractivity contribution < 1.29 is 4.74 Å². The average Bonchev–Trinajstić information content (AvgIpc) is 2.38. The van der Waals surface area contributed by atoms with Crippen molar-refractivity contribution >= 4 is 0 Å². The molecule has 0 aromatic heterocycles. The summed E-state index contributed by atoms with van der Waals surface area (Å²) in [5, 5.41) is 8.99. The molecule has 0 aliphatic heterocycles. The Labute approximate surface area is 122 Å². The molecule has 0 bridgehead atoms. The van der Waals surface area contributed by atoms with Gasteiger partial charge in [0, 0.05) is 0 Å². The lowest BCUT2D eigenvalue weighted by Crippen LogP contribution is -2.36. The molecule has 1 saturated carbocycles. The summed E-state index contributed by atoms with van der Waals surface area (Å²) in [7, 11) is 0. The first-order chi connectivity index (χ1) is 9.51. The molecule has 0 spiro atoms. The van der Waals surface area contributed by atoms with E-state index < -0.39 is 0 Å². The lowest BCUT2D eigenvalue weighted by atomic mass is 9.75. The molecule has 20 heavy (non-hydrogen) atoms. The molecule has 2 heteroatoms. The Balaban J connectivity index is 2.14. The van der Waals surface area contributed by atoms with Gasteiger partial charge in [0.1, 0.15) is 11.9 Å². The van der Waals surface area contributed by atoms with E-state index >= 15 is 0 Å². The van der Waals surface area contributed by atoms with Gasteiger partial charge >= 0.3 is 0 Å². The number of hydrogen-bond acceptors (Lipinski definition) is 2. The fourth-order valence-electron chi connectivity index (χ4n) is 3.26. The number of aryl methyl sites for hydroxylation is 1. The van der Waals surface area contributed by atoms with Gasteiger partial charge in [0.25, 0.3) is 0 Å². The van der Waals surface area contributed by atoms with E-state index in [1.807, 2.05) is 25.1 Å². The van der Waals surface area contributed by atoms with Crippen LogP contribution in [0.4, 0.5) is 0 Å². The number of rotatable bonds is 3. The predicted octanol–water partition coefficient (Wildman–Crippen LogP) is 4.71. The highest BCUT2D eigenvalue weighted by Crippen LogP contribution is 2.36. The van der Waals surface area contributed by atoms with Crippen molar-refractivity contribution in [2.75, 3.05) is 0 Å². The van der Waals surface area contributed by atoms with Crippen LogP contribution < -0.4 is 4.74 Å². The SMILES string of the molecule is Cc1cc(OC2CC(C)CCC2C(C)C)ccc1C#N. The summed E-state index contributed by atoms with van der Waals surface area (Å²) in [4.78, 5) is 0. The van der Waals surface area contributed by atoms with E-state index in [0.717, 1.165) is 29.2 Å². The normalized spacial score (nSPS) is 26.3. The zero-order valence-corrected chi connectivity index (χ0v) is 13.0. The largest absolute Gasteiger partial charge is 0.490 e. The average molecular weight is 271 g/mol. The summed E-state index contributed by atoms with van der Waals surface area (Å²) in [6, 6.07) is 8.00. The monoisotopic (exact) mass is 271 g/mol. The second-order valence-electron chi connectivity index (χ2n) is 6.57. The van der Waals surface area contributed by atoms with Crippen LogP contribution in [0.2, 0.25) is 0 Å². The van der Waals surface area contributed by atoms with Crippen molar-refractivity contribution in [3.05, 3.63) is 29.3 Å². The molecule has 0 heterocycles. The van der Waals surface area contributed by atoms with Crippen molar-refractivity contribution in [3.8, 4) is 11.8 Å². The number of nitrogens with zero attached hydrogens (tertiary/aromatic N) is 1. The Morgan fingerprint density at radius 3 is 2.65 bits per heavy atom. The van der Waals surface area contributed by atoms with Gasteiger partial charge in [-0.05, 0) is 61.3 Å². The maximum absolute atomic E-state index is 8.99. The fourth-order valence-corrected chi connectivity index (χ4v) is 3.26. The quantitative estimate of drug-likeness (QED) is 0.798. The predicted molar refractivity (Wildman–Crippen MR) is 81.7 cm³/mol. The zero-order chi connectivity index (χ0) is 14.7. The zero-order valence-electron chi connectivity index (χ0n) is 13.0. The van der Waals surface area contributed by atoms with Crippen LogP contribution in [0.5, 0.6) is 5.75 Å². The summed E-state index contributed by atoms with van der Waals surface area (Å²) in [6.45, 7) is 8.87. The van der Waals surface area contributed by atoms with Gasteiger partial charge in [-0.15, -0.1) is 0 Å².